The van der Waals surface area contributed by atoms with Gasteiger partial charge in [-0.25, -0.2) is 4.98 Å². The Morgan fingerprint density at radius 1 is 1.57 bits per heavy atom. The van der Waals surface area contributed by atoms with Crippen molar-refractivity contribution in [1.82, 2.24) is 4.98 Å². The second-order valence-corrected chi connectivity index (χ2v) is 5.28. The molecule has 0 radical (unpaired) electrons. The molecule has 2 rings (SSSR count). The Morgan fingerprint density at radius 2 is 2.29 bits per heavy atom. The Labute approximate surface area is 93.0 Å². The van der Waals surface area contributed by atoms with Crippen LogP contribution in [0, 0.1) is 11.3 Å². The Balaban J connectivity index is 2.31. The largest absolute Gasteiger partial charge is 0.330 e. The second kappa shape index (κ2) is 3.31. The van der Waals surface area contributed by atoms with Crippen molar-refractivity contribution in [2.75, 3.05) is 6.54 Å². The molecular formula is C11H15BrN2. The molecule has 14 heavy (non-hydrogen) atoms. The molecule has 0 amide bonds. The molecule has 1 saturated carbocycles. The summed E-state index contributed by atoms with van der Waals surface area (Å²) in [4.78, 5) is 4.25. The fourth-order valence-electron chi connectivity index (χ4n) is 2.43. The zero-order valence-electron chi connectivity index (χ0n) is 8.50. The number of pyridine rings is 1. The van der Waals surface area contributed by atoms with Crippen LogP contribution in [0.5, 0.6) is 0 Å². The van der Waals surface area contributed by atoms with Crippen molar-refractivity contribution in [3.63, 3.8) is 0 Å². The fraction of sp³-hybridized carbons (Fsp3) is 0.545. The Morgan fingerprint density at radius 3 is 2.79 bits per heavy atom. The molecule has 76 valence electrons. The van der Waals surface area contributed by atoms with Gasteiger partial charge in [-0.05, 0) is 51.4 Å². The molecule has 1 aliphatic carbocycles. The van der Waals surface area contributed by atoms with Crippen molar-refractivity contribution in [3.8, 4) is 0 Å². The molecule has 1 aromatic rings. The van der Waals surface area contributed by atoms with Crippen LogP contribution in [-0.4, -0.2) is 11.5 Å². The number of hydrogen-bond donors (Lipinski definition) is 1. The first kappa shape index (κ1) is 10.1. The van der Waals surface area contributed by atoms with Gasteiger partial charge in [0.2, 0.25) is 0 Å². The van der Waals surface area contributed by atoms with E-state index in [2.05, 4.69) is 40.8 Å². The first-order valence-electron chi connectivity index (χ1n) is 4.89. The van der Waals surface area contributed by atoms with E-state index in [0.29, 0.717) is 17.3 Å². The quantitative estimate of drug-likeness (QED) is 0.825. The molecule has 0 aliphatic heterocycles. The molecule has 0 spiro atoms. The minimum absolute atomic E-state index is 0.334. The third-order valence-electron chi connectivity index (χ3n) is 3.43. The van der Waals surface area contributed by atoms with Crippen molar-refractivity contribution < 1.29 is 0 Å². The van der Waals surface area contributed by atoms with E-state index in [1.54, 1.807) is 6.20 Å². The third-order valence-corrected chi connectivity index (χ3v) is 4.09. The molecule has 1 fully saturated rings. The van der Waals surface area contributed by atoms with Crippen molar-refractivity contribution in [1.29, 1.82) is 0 Å². The van der Waals surface area contributed by atoms with Crippen molar-refractivity contribution >= 4 is 15.9 Å². The lowest BCUT2D eigenvalue weighted by Gasteiger charge is -2.04. The molecular weight excluding hydrogens is 240 g/mol. The molecule has 2 nitrogen and oxygen atoms in total. The topological polar surface area (TPSA) is 38.9 Å². The van der Waals surface area contributed by atoms with E-state index in [1.165, 1.54) is 5.56 Å². The van der Waals surface area contributed by atoms with Crippen LogP contribution in [-0.2, 0) is 0 Å². The van der Waals surface area contributed by atoms with Crippen LogP contribution in [0.4, 0.5) is 0 Å². The summed E-state index contributed by atoms with van der Waals surface area (Å²) in [6, 6.07) is 4.13. The highest BCUT2D eigenvalue weighted by Gasteiger charge is 2.57. The molecule has 0 saturated heterocycles. The van der Waals surface area contributed by atoms with Crippen molar-refractivity contribution in [3.05, 3.63) is 28.5 Å². The lowest BCUT2D eigenvalue weighted by atomic mass is 10.1. The van der Waals surface area contributed by atoms with Crippen LogP contribution in [0.15, 0.2) is 22.9 Å². The van der Waals surface area contributed by atoms with Crippen LogP contribution in [0.25, 0.3) is 0 Å². The van der Waals surface area contributed by atoms with E-state index in [0.717, 1.165) is 11.1 Å². The minimum atomic E-state index is 0.334. The predicted octanol–water partition coefficient (Wildman–Crippen LogP) is 2.54. The van der Waals surface area contributed by atoms with Gasteiger partial charge in [-0.2, -0.15) is 0 Å². The average Bonchev–Trinajstić information content (AvgIpc) is 2.69. The zero-order chi connectivity index (χ0) is 10.3. The summed E-state index contributed by atoms with van der Waals surface area (Å²) in [6.45, 7) is 5.31. The zero-order valence-corrected chi connectivity index (χ0v) is 10.1. The van der Waals surface area contributed by atoms with Gasteiger partial charge in [-0.15, -0.1) is 0 Å². The molecule has 0 bridgehead atoms. The van der Waals surface area contributed by atoms with Gasteiger partial charge < -0.3 is 5.73 Å². The van der Waals surface area contributed by atoms with Gasteiger partial charge >= 0.3 is 0 Å². The molecule has 1 aliphatic rings. The van der Waals surface area contributed by atoms with Crippen molar-refractivity contribution in [2.24, 2.45) is 17.1 Å². The molecule has 2 N–H and O–H groups in total. The number of halogens is 1. The highest BCUT2D eigenvalue weighted by molar-refractivity contribution is 9.10. The lowest BCUT2D eigenvalue weighted by Crippen LogP contribution is -2.05. The normalized spacial score (nSPS) is 28.9. The van der Waals surface area contributed by atoms with Crippen LogP contribution in [0.1, 0.15) is 25.3 Å². The molecule has 3 heteroatoms. The Kier molecular flexibility index (Phi) is 2.40. The highest BCUT2D eigenvalue weighted by atomic mass is 79.9. The summed E-state index contributed by atoms with van der Waals surface area (Å²) < 4.78 is 0.967. The van der Waals surface area contributed by atoms with E-state index in [-0.39, 0.29) is 0 Å². The van der Waals surface area contributed by atoms with Crippen LogP contribution < -0.4 is 5.73 Å². The van der Waals surface area contributed by atoms with Gasteiger partial charge in [0.1, 0.15) is 4.60 Å². The van der Waals surface area contributed by atoms with Gasteiger partial charge in [0, 0.05) is 6.20 Å². The maximum atomic E-state index is 5.75. The molecule has 2 atom stereocenters. The third kappa shape index (κ3) is 1.39. The Hall–Kier alpha value is -0.410. The van der Waals surface area contributed by atoms with E-state index in [1.807, 2.05) is 6.07 Å². The number of aromatic nitrogens is 1. The van der Waals surface area contributed by atoms with Crippen LogP contribution in [0.3, 0.4) is 0 Å². The SMILES string of the molecule is CC1(C)[C@@H](CN)[C@@H]1c1cccnc1Br. The van der Waals surface area contributed by atoms with E-state index in [9.17, 15) is 0 Å². The van der Waals surface area contributed by atoms with E-state index < -0.39 is 0 Å². The Bertz CT molecular complexity index is 349. The number of hydrogen-bond acceptors (Lipinski definition) is 2. The minimum Gasteiger partial charge on any atom is -0.330 e. The van der Waals surface area contributed by atoms with Gasteiger partial charge in [0.25, 0.3) is 0 Å². The summed E-state index contributed by atoms with van der Waals surface area (Å²) in [5.41, 5.74) is 7.38. The molecule has 1 heterocycles. The van der Waals surface area contributed by atoms with Crippen LogP contribution >= 0.6 is 15.9 Å². The number of nitrogens with two attached hydrogens (primary N) is 1. The van der Waals surface area contributed by atoms with Gasteiger partial charge in [-0.3, -0.25) is 0 Å². The maximum absolute atomic E-state index is 5.75. The first-order valence-corrected chi connectivity index (χ1v) is 5.68. The fourth-order valence-corrected chi connectivity index (χ4v) is 2.93. The standard InChI is InChI=1S/C11H15BrN2/c1-11(2)8(6-13)9(11)7-4-3-5-14-10(7)12/h3-5,8-9H,6,13H2,1-2H3/t8-,9-/m0/s1. The second-order valence-electron chi connectivity index (χ2n) is 4.52. The highest BCUT2D eigenvalue weighted by Crippen LogP contribution is 2.64. The summed E-state index contributed by atoms with van der Waals surface area (Å²) in [5.74, 6) is 1.17. The molecule has 0 aromatic carbocycles. The van der Waals surface area contributed by atoms with Crippen molar-refractivity contribution in [2.45, 2.75) is 19.8 Å². The van der Waals surface area contributed by atoms with Gasteiger partial charge in [0.05, 0.1) is 0 Å². The average molecular weight is 255 g/mol. The summed E-state index contributed by atoms with van der Waals surface area (Å²) in [5, 5.41) is 0. The summed E-state index contributed by atoms with van der Waals surface area (Å²) in [7, 11) is 0. The summed E-state index contributed by atoms with van der Waals surface area (Å²) >= 11 is 3.49. The summed E-state index contributed by atoms with van der Waals surface area (Å²) in [6.07, 6.45) is 1.81. The monoisotopic (exact) mass is 254 g/mol. The van der Waals surface area contributed by atoms with E-state index >= 15 is 0 Å². The lowest BCUT2D eigenvalue weighted by molar-refractivity contribution is 0.558. The van der Waals surface area contributed by atoms with E-state index in [4.69, 9.17) is 5.73 Å². The predicted molar refractivity (Wildman–Crippen MR) is 61.0 cm³/mol. The molecule has 1 aromatic heterocycles. The smallest absolute Gasteiger partial charge is 0.109 e. The van der Waals surface area contributed by atoms with Gasteiger partial charge in [0.15, 0.2) is 0 Å². The first-order chi connectivity index (χ1) is 6.59. The maximum Gasteiger partial charge on any atom is 0.109 e. The number of rotatable bonds is 2. The molecule has 0 unspecified atom stereocenters. The van der Waals surface area contributed by atoms with Gasteiger partial charge in [-0.1, -0.05) is 19.9 Å². The number of nitrogens with zero attached hydrogens (tertiary/aromatic N) is 1. The van der Waals surface area contributed by atoms with Crippen LogP contribution in [0.2, 0.25) is 0 Å².